The van der Waals surface area contributed by atoms with Crippen molar-refractivity contribution in [1.82, 2.24) is 10.2 Å². The molecule has 0 radical (unpaired) electrons. The number of nitrogens with zero attached hydrogens (tertiary/aromatic N) is 1. The first-order chi connectivity index (χ1) is 4.38. The van der Waals surface area contributed by atoms with E-state index in [4.69, 9.17) is 0 Å². The van der Waals surface area contributed by atoms with E-state index in [9.17, 15) is 0 Å². The van der Waals surface area contributed by atoms with Gasteiger partial charge in [0.15, 0.2) is 0 Å². The molecule has 52 valence electrons. The summed E-state index contributed by atoms with van der Waals surface area (Å²) in [6.07, 6.45) is 1.40. The summed E-state index contributed by atoms with van der Waals surface area (Å²) < 4.78 is 0. The largest absolute Gasteiger partial charge is 0.315 e. The van der Waals surface area contributed by atoms with Crippen LogP contribution in [0.3, 0.4) is 0 Å². The SMILES string of the molecule is CN1C[C@@H]2CCNCC21. The second kappa shape index (κ2) is 1.96. The minimum absolute atomic E-state index is 0.874. The number of hydrogen-bond donors (Lipinski definition) is 1. The van der Waals surface area contributed by atoms with Crippen molar-refractivity contribution >= 4 is 0 Å². The van der Waals surface area contributed by atoms with Crippen LogP contribution in [-0.4, -0.2) is 37.6 Å². The molecule has 9 heavy (non-hydrogen) atoms. The van der Waals surface area contributed by atoms with Crippen molar-refractivity contribution < 1.29 is 0 Å². The fourth-order valence-electron chi connectivity index (χ4n) is 1.99. The van der Waals surface area contributed by atoms with Crippen LogP contribution in [0, 0.1) is 5.92 Å². The molecule has 0 aromatic rings. The lowest BCUT2D eigenvalue weighted by molar-refractivity contribution is 0.0191. The number of piperidine rings is 1. The molecule has 2 aliphatic rings. The van der Waals surface area contributed by atoms with Crippen molar-refractivity contribution in [1.29, 1.82) is 0 Å². The van der Waals surface area contributed by atoms with Crippen molar-refractivity contribution in [2.45, 2.75) is 12.5 Å². The third-order valence-corrected chi connectivity index (χ3v) is 2.68. The number of likely N-dealkylation sites (N-methyl/N-ethyl adjacent to an activating group) is 1. The number of rotatable bonds is 0. The van der Waals surface area contributed by atoms with Gasteiger partial charge in [0.1, 0.15) is 0 Å². The second-order valence-electron chi connectivity index (χ2n) is 3.26. The summed E-state index contributed by atoms with van der Waals surface area (Å²) >= 11 is 0. The van der Waals surface area contributed by atoms with E-state index in [-0.39, 0.29) is 0 Å². The fraction of sp³-hybridized carbons (Fsp3) is 1.00. The van der Waals surface area contributed by atoms with E-state index in [0.29, 0.717) is 0 Å². The monoisotopic (exact) mass is 126 g/mol. The number of fused-ring (bicyclic) bond motifs is 1. The summed E-state index contributed by atoms with van der Waals surface area (Å²) in [6, 6.07) is 0.874. The highest BCUT2D eigenvalue weighted by Crippen LogP contribution is 2.27. The van der Waals surface area contributed by atoms with Gasteiger partial charge < -0.3 is 10.2 Å². The Morgan fingerprint density at radius 2 is 2.44 bits per heavy atom. The quantitative estimate of drug-likeness (QED) is 0.488. The standard InChI is InChI=1S/C7H14N2/c1-9-5-6-2-3-8-4-7(6)9/h6-8H,2-5H2,1H3/t6-,7?/m0/s1. The third kappa shape index (κ3) is 0.775. The molecular weight excluding hydrogens is 112 g/mol. The van der Waals surface area contributed by atoms with Crippen molar-refractivity contribution in [3.05, 3.63) is 0 Å². The number of hydrogen-bond acceptors (Lipinski definition) is 2. The molecule has 0 aromatic heterocycles. The van der Waals surface area contributed by atoms with Gasteiger partial charge >= 0.3 is 0 Å². The van der Waals surface area contributed by atoms with Crippen molar-refractivity contribution in [3.8, 4) is 0 Å². The van der Waals surface area contributed by atoms with E-state index in [2.05, 4.69) is 17.3 Å². The molecule has 0 spiro atoms. The molecule has 2 heteroatoms. The predicted molar refractivity (Wildman–Crippen MR) is 37.4 cm³/mol. The molecule has 2 atom stereocenters. The van der Waals surface area contributed by atoms with Crippen LogP contribution in [0.25, 0.3) is 0 Å². The maximum absolute atomic E-state index is 3.40. The first-order valence-corrected chi connectivity index (χ1v) is 3.79. The molecule has 0 amide bonds. The second-order valence-corrected chi connectivity index (χ2v) is 3.26. The zero-order valence-corrected chi connectivity index (χ0v) is 5.93. The van der Waals surface area contributed by atoms with Gasteiger partial charge in [0.25, 0.3) is 0 Å². The number of nitrogens with one attached hydrogen (secondary N) is 1. The van der Waals surface area contributed by atoms with Crippen molar-refractivity contribution in [2.24, 2.45) is 5.92 Å². The lowest BCUT2D eigenvalue weighted by Crippen LogP contribution is -2.61. The highest BCUT2D eigenvalue weighted by Gasteiger charge is 2.37. The Bertz CT molecular complexity index is 111. The summed E-state index contributed by atoms with van der Waals surface area (Å²) in [5, 5.41) is 3.40. The van der Waals surface area contributed by atoms with Crippen LogP contribution in [0.1, 0.15) is 6.42 Å². The summed E-state index contributed by atoms with van der Waals surface area (Å²) in [5.41, 5.74) is 0. The van der Waals surface area contributed by atoms with Gasteiger partial charge in [0.05, 0.1) is 0 Å². The molecule has 0 bridgehead atoms. The minimum atomic E-state index is 0.874. The Kier molecular flexibility index (Phi) is 1.24. The van der Waals surface area contributed by atoms with Crippen LogP contribution in [0.5, 0.6) is 0 Å². The molecule has 2 aliphatic heterocycles. The van der Waals surface area contributed by atoms with E-state index < -0.39 is 0 Å². The maximum atomic E-state index is 3.40. The lowest BCUT2D eigenvalue weighted by Gasteiger charge is -2.49. The Balaban J connectivity index is 1.94. The van der Waals surface area contributed by atoms with E-state index in [1.807, 2.05) is 0 Å². The van der Waals surface area contributed by atoms with Crippen molar-refractivity contribution in [3.63, 3.8) is 0 Å². The normalized spacial score (nSPS) is 43.7. The Labute approximate surface area is 56.2 Å². The van der Waals surface area contributed by atoms with Crippen LogP contribution >= 0.6 is 0 Å². The summed E-state index contributed by atoms with van der Waals surface area (Å²) in [4.78, 5) is 2.44. The van der Waals surface area contributed by atoms with Gasteiger partial charge in [0.2, 0.25) is 0 Å². The van der Waals surface area contributed by atoms with Crippen molar-refractivity contribution in [2.75, 3.05) is 26.7 Å². The first-order valence-electron chi connectivity index (χ1n) is 3.79. The zero-order chi connectivity index (χ0) is 6.27. The van der Waals surface area contributed by atoms with E-state index in [1.54, 1.807) is 0 Å². The fourth-order valence-corrected chi connectivity index (χ4v) is 1.99. The minimum Gasteiger partial charge on any atom is -0.315 e. The topological polar surface area (TPSA) is 15.3 Å². The zero-order valence-electron chi connectivity index (χ0n) is 5.93. The molecule has 0 aromatic carbocycles. The van der Waals surface area contributed by atoms with Crippen LogP contribution < -0.4 is 5.32 Å². The van der Waals surface area contributed by atoms with Gasteiger partial charge in [-0.2, -0.15) is 0 Å². The Morgan fingerprint density at radius 3 is 3.00 bits per heavy atom. The molecule has 2 rings (SSSR count). The van der Waals surface area contributed by atoms with Gasteiger partial charge in [-0.3, -0.25) is 0 Å². The smallest absolute Gasteiger partial charge is 0.0258 e. The van der Waals surface area contributed by atoms with Gasteiger partial charge in [0, 0.05) is 19.1 Å². The molecule has 1 N–H and O–H groups in total. The highest BCUT2D eigenvalue weighted by atomic mass is 15.2. The van der Waals surface area contributed by atoms with Crippen LogP contribution in [0.15, 0.2) is 0 Å². The highest BCUT2D eigenvalue weighted by molar-refractivity contribution is 4.93. The molecule has 0 aliphatic carbocycles. The molecule has 1 unspecified atom stereocenters. The Hall–Kier alpha value is -0.0800. The third-order valence-electron chi connectivity index (χ3n) is 2.68. The lowest BCUT2D eigenvalue weighted by atomic mass is 9.84. The first kappa shape index (κ1) is 5.69. The summed E-state index contributed by atoms with van der Waals surface area (Å²) in [7, 11) is 2.22. The van der Waals surface area contributed by atoms with Gasteiger partial charge in [-0.25, -0.2) is 0 Å². The predicted octanol–water partition coefficient (Wildman–Crippen LogP) is -0.0901. The molecule has 0 saturated carbocycles. The molecular formula is C7H14N2. The summed E-state index contributed by atoms with van der Waals surface area (Å²) in [5.74, 6) is 1.02. The van der Waals surface area contributed by atoms with E-state index >= 15 is 0 Å². The average Bonchev–Trinajstić information content (AvgIpc) is 1.86. The molecule has 2 heterocycles. The Morgan fingerprint density at radius 1 is 1.56 bits per heavy atom. The van der Waals surface area contributed by atoms with Crippen LogP contribution in [0.4, 0.5) is 0 Å². The average molecular weight is 126 g/mol. The molecule has 2 saturated heterocycles. The van der Waals surface area contributed by atoms with Gasteiger partial charge in [-0.05, 0) is 25.9 Å². The van der Waals surface area contributed by atoms with Gasteiger partial charge in [-0.15, -0.1) is 0 Å². The van der Waals surface area contributed by atoms with Gasteiger partial charge in [-0.1, -0.05) is 0 Å². The van der Waals surface area contributed by atoms with Crippen LogP contribution in [0.2, 0.25) is 0 Å². The van der Waals surface area contributed by atoms with E-state index in [1.165, 1.54) is 26.1 Å². The maximum Gasteiger partial charge on any atom is 0.0258 e. The number of likely N-dealkylation sites (tertiary alicyclic amines) is 1. The van der Waals surface area contributed by atoms with Crippen LogP contribution in [-0.2, 0) is 0 Å². The molecule has 2 nitrogen and oxygen atoms in total. The summed E-state index contributed by atoms with van der Waals surface area (Å²) in [6.45, 7) is 3.81. The van der Waals surface area contributed by atoms with E-state index in [0.717, 1.165) is 12.0 Å². The molecule has 2 fully saturated rings.